The fraction of sp³-hybridized carbons (Fsp3) is 0. The van der Waals surface area contributed by atoms with Crippen molar-refractivity contribution in [2.24, 2.45) is 0 Å². The fourth-order valence-electron chi connectivity index (χ4n) is 1.31. The zero-order valence-electron chi connectivity index (χ0n) is 8.76. The van der Waals surface area contributed by atoms with Crippen LogP contribution in [0.25, 0.3) is 0 Å². The van der Waals surface area contributed by atoms with Crippen LogP contribution < -0.4 is 4.74 Å². The maximum Gasteiger partial charge on any atom is 0.347 e. The van der Waals surface area contributed by atoms with Gasteiger partial charge in [0.1, 0.15) is 22.9 Å². The smallest absolute Gasteiger partial charge is 0.347 e. The van der Waals surface area contributed by atoms with Crippen LogP contribution in [0.4, 0.5) is 4.39 Å². The normalized spacial score (nSPS) is 9.94. The van der Waals surface area contributed by atoms with E-state index < -0.39 is 11.8 Å². The molecule has 0 radical (unpaired) electrons. The van der Waals surface area contributed by atoms with Gasteiger partial charge >= 0.3 is 5.97 Å². The average molecular weight is 232 g/mol. The van der Waals surface area contributed by atoms with Gasteiger partial charge in [-0.3, -0.25) is 0 Å². The molecule has 4 heteroatoms. The summed E-state index contributed by atoms with van der Waals surface area (Å²) >= 11 is 0. The summed E-state index contributed by atoms with van der Waals surface area (Å²) < 4.78 is 17.6. The Labute approximate surface area is 97.1 Å². The Hall–Kier alpha value is -2.36. The van der Waals surface area contributed by atoms with E-state index in [2.05, 4.69) is 0 Å². The molecular formula is C13H9FO3. The first kappa shape index (κ1) is 11.1. The van der Waals surface area contributed by atoms with Gasteiger partial charge in [0, 0.05) is 0 Å². The van der Waals surface area contributed by atoms with Crippen molar-refractivity contribution in [2.75, 3.05) is 0 Å². The molecule has 0 heterocycles. The Morgan fingerprint density at radius 2 is 1.71 bits per heavy atom. The zero-order chi connectivity index (χ0) is 12.3. The Balaban J connectivity index is 2.17. The number of carbonyl (C=O) groups is 1. The van der Waals surface area contributed by atoms with E-state index in [0.29, 0.717) is 0 Å². The van der Waals surface area contributed by atoms with Gasteiger partial charge in [-0.1, -0.05) is 12.1 Å². The molecule has 3 nitrogen and oxygen atoms in total. The van der Waals surface area contributed by atoms with Crippen LogP contribution in [-0.2, 0) is 0 Å². The molecule has 0 atom stereocenters. The van der Waals surface area contributed by atoms with Gasteiger partial charge in [0.2, 0.25) is 0 Å². The maximum absolute atomic E-state index is 12.6. The summed E-state index contributed by atoms with van der Waals surface area (Å²) in [5, 5.41) is 9.44. The molecule has 86 valence electrons. The summed E-state index contributed by atoms with van der Waals surface area (Å²) in [5.41, 5.74) is 0.0665. The van der Waals surface area contributed by atoms with E-state index >= 15 is 0 Å². The van der Waals surface area contributed by atoms with Crippen LogP contribution in [0.2, 0.25) is 0 Å². The van der Waals surface area contributed by atoms with Crippen LogP contribution >= 0.6 is 0 Å². The summed E-state index contributed by atoms with van der Waals surface area (Å²) in [4.78, 5) is 11.6. The minimum Gasteiger partial charge on any atom is -0.507 e. The van der Waals surface area contributed by atoms with Crippen LogP contribution in [0.1, 0.15) is 10.4 Å². The van der Waals surface area contributed by atoms with Crippen molar-refractivity contribution in [1.82, 2.24) is 0 Å². The number of halogens is 1. The summed E-state index contributed by atoms with van der Waals surface area (Å²) in [6.45, 7) is 0. The minimum absolute atomic E-state index is 0.0665. The van der Waals surface area contributed by atoms with Gasteiger partial charge in [-0.05, 0) is 36.4 Å². The molecule has 2 rings (SSSR count). The summed E-state index contributed by atoms with van der Waals surface area (Å²) in [6.07, 6.45) is 0. The average Bonchev–Trinajstić information content (AvgIpc) is 2.32. The molecule has 0 saturated heterocycles. The van der Waals surface area contributed by atoms with Crippen LogP contribution in [0.5, 0.6) is 11.5 Å². The number of aromatic hydroxyl groups is 1. The van der Waals surface area contributed by atoms with Crippen molar-refractivity contribution in [2.45, 2.75) is 0 Å². The molecule has 2 aromatic rings. The van der Waals surface area contributed by atoms with Gasteiger partial charge in [-0.15, -0.1) is 0 Å². The molecule has 0 aliphatic heterocycles. The molecular weight excluding hydrogens is 223 g/mol. The number of phenolic OH excluding ortho intramolecular Hbond substituents is 1. The number of hydrogen-bond donors (Lipinski definition) is 1. The third kappa shape index (κ3) is 2.60. The third-order valence-corrected chi connectivity index (χ3v) is 2.15. The van der Waals surface area contributed by atoms with E-state index in [0.717, 1.165) is 0 Å². The van der Waals surface area contributed by atoms with Crippen molar-refractivity contribution < 1.29 is 19.0 Å². The fourth-order valence-corrected chi connectivity index (χ4v) is 1.31. The second-order valence-electron chi connectivity index (χ2n) is 3.36. The molecule has 0 unspecified atom stereocenters. The quantitative estimate of drug-likeness (QED) is 0.639. The Morgan fingerprint density at radius 1 is 1.06 bits per heavy atom. The minimum atomic E-state index is -0.685. The van der Waals surface area contributed by atoms with E-state index in [9.17, 15) is 14.3 Å². The van der Waals surface area contributed by atoms with Crippen LogP contribution in [0.15, 0.2) is 48.5 Å². The lowest BCUT2D eigenvalue weighted by molar-refractivity contribution is 0.0731. The monoisotopic (exact) mass is 232 g/mol. The molecule has 0 aliphatic rings. The molecule has 17 heavy (non-hydrogen) atoms. The maximum atomic E-state index is 12.6. The molecule has 0 spiro atoms. The number of para-hydroxylation sites is 1. The number of ether oxygens (including phenoxy) is 1. The predicted molar refractivity (Wildman–Crippen MR) is 59.5 cm³/mol. The highest BCUT2D eigenvalue weighted by molar-refractivity contribution is 5.93. The lowest BCUT2D eigenvalue weighted by Gasteiger charge is -2.05. The molecule has 0 amide bonds. The Morgan fingerprint density at radius 3 is 2.35 bits per heavy atom. The van der Waals surface area contributed by atoms with Crippen LogP contribution in [-0.4, -0.2) is 11.1 Å². The predicted octanol–water partition coefficient (Wildman–Crippen LogP) is 2.75. The van der Waals surface area contributed by atoms with E-state index in [-0.39, 0.29) is 17.1 Å². The number of hydrogen-bond acceptors (Lipinski definition) is 3. The van der Waals surface area contributed by atoms with Crippen molar-refractivity contribution in [3.63, 3.8) is 0 Å². The van der Waals surface area contributed by atoms with Crippen molar-refractivity contribution in [3.8, 4) is 11.5 Å². The van der Waals surface area contributed by atoms with Crippen molar-refractivity contribution in [3.05, 3.63) is 59.9 Å². The highest BCUT2D eigenvalue weighted by Gasteiger charge is 2.12. The van der Waals surface area contributed by atoms with Crippen molar-refractivity contribution >= 4 is 5.97 Å². The van der Waals surface area contributed by atoms with Gasteiger partial charge in [0.25, 0.3) is 0 Å². The van der Waals surface area contributed by atoms with Crippen LogP contribution in [0, 0.1) is 5.82 Å². The molecule has 1 N–H and O–H groups in total. The molecule has 2 aromatic carbocycles. The molecule has 0 aliphatic carbocycles. The molecule has 0 fully saturated rings. The highest BCUT2D eigenvalue weighted by atomic mass is 19.1. The van der Waals surface area contributed by atoms with E-state index in [1.54, 1.807) is 12.1 Å². The first-order valence-corrected chi connectivity index (χ1v) is 4.92. The molecule has 0 aromatic heterocycles. The number of esters is 1. The Bertz CT molecular complexity index is 535. The standard InChI is InChI=1S/C13H9FO3/c14-9-5-7-10(8-6-9)17-13(16)11-3-1-2-4-12(11)15/h1-8,15H. The topological polar surface area (TPSA) is 46.5 Å². The van der Waals surface area contributed by atoms with Gasteiger partial charge in [-0.25, -0.2) is 9.18 Å². The van der Waals surface area contributed by atoms with E-state index in [4.69, 9.17) is 4.74 Å². The SMILES string of the molecule is O=C(Oc1ccc(F)cc1)c1ccccc1O. The largest absolute Gasteiger partial charge is 0.507 e. The summed E-state index contributed by atoms with van der Waals surface area (Å²) in [5.74, 6) is -1.03. The summed E-state index contributed by atoms with van der Waals surface area (Å²) in [7, 11) is 0. The number of carbonyl (C=O) groups excluding carboxylic acids is 1. The number of benzene rings is 2. The Kier molecular flexibility index (Phi) is 3.05. The van der Waals surface area contributed by atoms with Crippen molar-refractivity contribution in [1.29, 1.82) is 0 Å². The first-order valence-electron chi connectivity index (χ1n) is 4.92. The lowest BCUT2D eigenvalue weighted by Crippen LogP contribution is -2.08. The lowest BCUT2D eigenvalue weighted by atomic mass is 10.2. The van der Waals surface area contributed by atoms with Gasteiger partial charge in [-0.2, -0.15) is 0 Å². The van der Waals surface area contributed by atoms with Gasteiger partial charge in [0.15, 0.2) is 0 Å². The summed E-state index contributed by atoms with van der Waals surface area (Å²) in [6, 6.07) is 11.1. The van der Waals surface area contributed by atoms with E-state index in [1.165, 1.54) is 36.4 Å². The number of phenols is 1. The second-order valence-corrected chi connectivity index (χ2v) is 3.36. The van der Waals surface area contributed by atoms with Gasteiger partial charge < -0.3 is 9.84 Å². The molecule has 0 saturated carbocycles. The number of rotatable bonds is 2. The van der Waals surface area contributed by atoms with E-state index in [1.807, 2.05) is 0 Å². The first-order chi connectivity index (χ1) is 8.16. The second kappa shape index (κ2) is 4.65. The highest BCUT2D eigenvalue weighted by Crippen LogP contribution is 2.19. The van der Waals surface area contributed by atoms with Gasteiger partial charge in [0.05, 0.1) is 0 Å². The van der Waals surface area contributed by atoms with Crippen LogP contribution in [0.3, 0.4) is 0 Å². The zero-order valence-corrected chi connectivity index (χ0v) is 8.76. The third-order valence-electron chi connectivity index (χ3n) is 2.15. The molecule has 0 bridgehead atoms.